The standard InChI is InChI=1S/C10H9F7NO3S/c11-8(12,4-5-9(13,14)15)10(16,17)21-22(19,20)18-6-2-1-3-7-18/h1-3,6-7H,4-5H2/q+1. The highest BCUT2D eigenvalue weighted by atomic mass is 32.2. The highest BCUT2D eigenvalue weighted by Gasteiger charge is 2.62. The van der Waals surface area contributed by atoms with Gasteiger partial charge in [0.15, 0.2) is 12.4 Å². The lowest BCUT2D eigenvalue weighted by molar-refractivity contribution is -0.526. The molecule has 0 radical (unpaired) electrons. The Morgan fingerprint density at radius 1 is 0.864 bits per heavy atom. The fraction of sp³-hybridized carbons (Fsp3) is 0.500. The van der Waals surface area contributed by atoms with Crippen LogP contribution in [-0.4, -0.2) is 26.6 Å². The lowest BCUT2D eigenvalue weighted by Gasteiger charge is -2.24. The van der Waals surface area contributed by atoms with Crippen LogP contribution < -0.4 is 3.97 Å². The fourth-order valence-corrected chi connectivity index (χ4v) is 2.12. The van der Waals surface area contributed by atoms with Crippen molar-refractivity contribution in [2.45, 2.75) is 31.0 Å². The summed E-state index contributed by atoms with van der Waals surface area (Å²) in [5.41, 5.74) is 0. The number of alkyl halides is 7. The van der Waals surface area contributed by atoms with Crippen LogP contribution in [0.4, 0.5) is 30.7 Å². The second-order valence-corrected chi connectivity index (χ2v) is 5.53. The Kier molecular flexibility index (Phi) is 5.07. The molecule has 1 rings (SSSR count). The lowest BCUT2D eigenvalue weighted by atomic mass is 10.1. The van der Waals surface area contributed by atoms with Gasteiger partial charge in [0.1, 0.15) is 0 Å². The summed E-state index contributed by atoms with van der Waals surface area (Å²) in [6, 6.07) is 3.48. The lowest BCUT2D eigenvalue weighted by Crippen LogP contribution is -2.52. The maximum atomic E-state index is 13.2. The predicted molar refractivity (Wildman–Crippen MR) is 57.2 cm³/mol. The molecule has 0 amide bonds. The molecule has 0 N–H and O–H groups in total. The summed E-state index contributed by atoms with van der Waals surface area (Å²) in [6.45, 7) is 0. The van der Waals surface area contributed by atoms with Crippen molar-refractivity contribution in [2.24, 2.45) is 0 Å². The Morgan fingerprint density at radius 2 is 1.36 bits per heavy atom. The van der Waals surface area contributed by atoms with Gasteiger partial charge in [0, 0.05) is 25.0 Å². The first-order chi connectivity index (χ1) is 9.77. The summed E-state index contributed by atoms with van der Waals surface area (Å²) in [7, 11) is -5.35. The number of pyridine rings is 1. The second kappa shape index (κ2) is 5.99. The quantitative estimate of drug-likeness (QED) is 0.582. The van der Waals surface area contributed by atoms with Gasteiger partial charge in [-0.2, -0.15) is 30.7 Å². The first-order valence-corrected chi connectivity index (χ1v) is 6.88. The van der Waals surface area contributed by atoms with Crippen LogP contribution in [0.2, 0.25) is 0 Å². The molecule has 0 fully saturated rings. The second-order valence-electron chi connectivity index (χ2n) is 4.08. The number of hydrogen-bond donors (Lipinski definition) is 0. The zero-order chi connectivity index (χ0) is 17.2. The molecule has 1 heterocycles. The molecule has 0 saturated heterocycles. The van der Waals surface area contributed by atoms with Crippen LogP contribution in [-0.2, 0) is 14.5 Å². The monoisotopic (exact) mass is 356 g/mol. The summed E-state index contributed by atoms with van der Waals surface area (Å²) in [5, 5.41) is 0. The molecule has 12 heteroatoms. The van der Waals surface area contributed by atoms with Gasteiger partial charge in [-0.3, -0.25) is 0 Å². The number of nitrogens with zero attached hydrogens (tertiary/aromatic N) is 1. The van der Waals surface area contributed by atoms with E-state index in [1.807, 2.05) is 0 Å². The van der Waals surface area contributed by atoms with Gasteiger partial charge in [0.05, 0.1) is 0 Å². The molecular formula is C10H9F7NO3S+. The van der Waals surface area contributed by atoms with Crippen LogP contribution in [0.15, 0.2) is 30.6 Å². The molecule has 0 spiro atoms. The third kappa shape index (κ3) is 4.80. The Bertz CT molecular complexity index is 601. The molecule has 126 valence electrons. The Balaban J connectivity index is 2.94. The van der Waals surface area contributed by atoms with Crippen molar-refractivity contribution in [3.63, 3.8) is 0 Å². The van der Waals surface area contributed by atoms with Gasteiger partial charge >= 0.3 is 28.5 Å². The molecule has 0 aliphatic heterocycles. The van der Waals surface area contributed by atoms with Crippen molar-refractivity contribution >= 4 is 10.3 Å². The van der Waals surface area contributed by atoms with Gasteiger partial charge in [0.2, 0.25) is 0 Å². The Morgan fingerprint density at radius 3 is 1.82 bits per heavy atom. The zero-order valence-electron chi connectivity index (χ0n) is 10.5. The van der Waals surface area contributed by atoms with Gasteiger partial charge in [-0.15, -0.1) is 12.6 Å². The van der Waals surface area contributed by atoms with E-state index in [0.717, 1.165) is 24.5 Å². The highest BCUT2D eigenvalue weighted by molar-refractivity contribution is 7.80. The number of aromatic nitrogens is 1. The van der Waals surface area contributed by atoms with E-state index in [2.05, 4.69) is 4.18 Å². The number of halogens is 7. The zero-order valence-corrected chi connectivity index (χ0v) is 11.3. The molecule has 1 aromatic heterocycles. The van der Waals surface area contributed by atoms with E-state index in [9.17, 15) is 39.2 Å². The first kappa shape index (κ1) is 18.6. The van der Waals surface area contributed by atoms with Crippen LogP contribution in [0.3, 0.4) is 0 Å². The normalized spacial score (nSPS) is 14.1. The third-order valence-electron chi connectivity index (χ3n) is 2.30. The molecule has 0 aliphatic carbocycles. The van der Waals surface area contributed by atoms with Crippen molar-refractivity contribution in [3.8, 4) is 0 Å². The van der Waals surface area contributed by atoms with Crippen molar-refractivity contribution in [3.05, 3.63) is 30.6 Å². The molecule has 0 saturated carbocycles. The molecule has 0 aliphatic rings. The molecular weight excluding hydrogens is 347 g/mol. The van der Waals surface area contributed by atoms with E-state index in [0.29, 0.717) is 0 Å². The van der Waals surface area contributed by atoms with Crippen molar-refractivity contribution < 1.29 is 47.3 Å². The summed E-state index contributed by atoms with van der Waals surface area (Å²) in [5.74, 6) is -5.33. The molecule has 1 aromatic rings. The summed E-state index contributed by atoms with van der Waals surface area (Å²) in [4.78, 5) is 0. The van der Waals surface area contributed by atoms with Gasteiger partial charge in [-0.05, 0) is 0 Å². The van der Waals surface area contributed by atoms with Gasteiger partial charge in [0.25, 0.3) is 0 Å². The predicted octanol–water partition coefficient (Wildman–Crippen LogP) is 2.65. The Hall–Kier alpha value is -1.43. The van der Waals surface area contributed by atoms with Crippen LogP contribution in [0.5, 0.6) is 0 Å². The van der Waals surface area contributed by atoms with Crippen LogP contribution in [0.25, 0.3) is 0 Å². The fourth-order valence-electron chi connectivity index (χ4n) is 1.21. The van der Waals surface area contributed by atoms with Gasteiger partial charge in [-0.25, -0.2) is 0 Å². The summed E-state index contributed by atoms with van der Waals surface area (Å²) in [6.07, 6.45) is -13.8. The van der Waals surface area contributed by atoms with Crippen molar-refractivity contribution in [1.29, 1.82) is 0 Å². The van der Waals surface area contributed by atoms with Crippen molar-refractivity contribution in [2.75, 3.05) is 0 Å². The molecule has 0 unspecified atom stereocenters. The minimum Gasteiger partial charge on any atom is -0.197 e. The number of hydrogen-bond acceptors (Lipinski definition) is 3. The molecule has 0 bridgehead atoms. The first-order valence-electron chi connectivity index (χ1n) is 5.52. The van der Waals surface area contributed by atoms with Gasteiger partial charge < -0.3 is 0 Å². The molecule has 22 heavy (non-hydrogen) atoms. The summed E-state index contributed by atoms with van der Waals surface area (Å²) >= 11 is 0. The van der Waals surface area contributed by atoms with E-state index in [1.165, 1.54) is 6.07 Å². The molecule has 4 nitrogen and oxygen atoms in total. The maximum Gasteiger partial charge on any atom is 0.519 e. The third-order valence-corrected chi connectivity index (χ3v) is 3.48. The van der Waals surface area contributed by atoms with E-state index in [-0.39, 0.29) is 3.97 Å². The average Bonchev–Trinajstić information content (AvgIpc) is 2.35. The average molecular weight is 356 g/mol. The minimum atomic E-state index is -5.64. The molecule has 0 atom stereocenters. The van der Waals surface area contributed by atoms with E-state index in [1.54, 1.807) is 0 Å². The largest absolute Gasteiger partial charge is 0.519 e. The van der Waals surface area contributed by atoms with Gasteiger partial charge in [-0.1, -0.05) is 10.0 Å². The SMILES string of the molecule is O=S(=O)(OC(F)(F)C(F)(F)CCC(F)(F)F)[n+]1ccccc1. The van der Waals surface area contributed by atoms with E-state index in [4.69, 9.17) is 0 Å². The topological polar surface area (TPSA) is 47.3 Å². The molecule has 0 aromatic carbocycles. The number of rotatable bonds is 6. The van der Waals surface area contributed by atoms with E-state index >= 15 is 0 Å². The minimum absolute atomic E-state index is 0.0702. The summed E-state index contributed by atoms with van der Waals surface area (Å²) < 4.78 is 114. The van der Waals surface area contributed by atoms with Crippen LogP contribution in [0, 0.1) is 0 Å². The highest BCUT2D eigenvalue weighted by Crippen LogP contribution is 2.41. The van der Waals surface area contributed by atoms with E-state index < -0.39 is 41.4 Å². The van der Waals surface area contributed by atoms with Crippen molar-refractivity contribution in [1.82, 2.24) is 0 Å². The smallest absolute Gasteiger partial charge is 0.197 e. The maximum absolute atomic E-state index is 13.2. The Labute approximate surface area is 120 Å². The van der Waals surface area contributed by atoms with Crippen LogP contribution >= 0.6 is 0 Å². The van der Waals surface area contributed by atoms with Crippen LogP contribution in [0.1, 0.15) is 12.8 Å².